The van der Waals surface area contributed by atoms with E-state index in [1.807, 2.05) is 23.8 Å². The minimum Gasteiger partial charge on any atom is -0.363 e. The van der Waals surface area contributed by atoms with Gasteiger partial charge in [-0.25, -0.2) is 0 Å². The number of hydrogen-bond acceptors (Lipinski definition) is 4. The molecule has 1 amide bonds. The highest BCUT2D eigenvalue weighted by atomic mass is 32.1. The number of carbonyl (C=O) groups is 1. The fourth-order valence-electron chi connectivity index (χ4n) is 1.46. The van der Waals surface area contributed by atoms with Crippen molar-refractivity contribution in [1.82, 2.24) is 10.6 Å². The predicted molar refractivity (Wildman–Crippen MR) is 63.4 cm³/mol. The summed E-state index contributed by atoms with van der Waals surface area (Å²) < 4.78 is 5.53. The van der Waals surface area contributed by atoms with E-state index in [0.29, 0.717) is 6.54 Å². The molecule has 2 heterocycles. The molecule has 1 aromatic rings. The van der Waals surface area contributed by atoms with Crippen molar-refractivity contribution in [3.63, 3.8) is 0 Å². The Balaban J connectivity index is 1.65. The quantitative estimate of drug-likeness (QED) is 0.798. The molecule has 1 fully saturated rings. The van der Waals surface area contributed by atoms with Gasteiger partial charge in [0, 0.05) is 19.6 Å². The molecule has 0 radical (unpaired) electrons. The van der Waals surface area contributed by atoms with Crippen molar-refractivity contribution in [2.45, 2.75) is 19.1 Å². The van der Waals surface area contributed by atoms with E-state index in [2.05, 4.69) is 10.6 Å². The third kappa shape index (κ3) is 3.04. The molecular weight excluding hydrogens is 224 g/mol. The van der Waals surface area contributed by atoms with Crippen LogP contribution in [-0.4, -0.2) is 31.2 Å². The van der Waals surface area contributed by atoms with Crippen molar-refractivity contribution in [1.29, 1.82) is 0 Å². The van der Waals surface area contributed by atoms with Gasteiger partial charge in [-0.3, -0.25) is 4.79 Å². The molecule has 88 valence electrons. The van der Waals surface area contributed by atoms with Gasteiger partial charge < -0.3 is 15.4 Å². The summed E-state index contributed by atoms with van der Waals surface area (Å²) in [6.07, 6.45) is 0. The van der Waals surface area contributed by atoms with Crippen LogP contribution in [0.4, 0.5) is 0 Å². The van der Waals surface area contributed by atoms with Gasteiger partial charge in [0.05, 0.1) is 5.60 Å². The first kappa shape index (κ1) is 11.6. The first-order chi connectivity index (χ1) is 7.68. The molecule has 1 saturated heterocycles. The molecule has 0 bridgehead atoms. The molecule has 0 saturated carbocycles. The van der Waals surface area contributed by atoms with Crippen LogP contribution in [-0.2, 0) is 16.1 Å². The Hall–Kier alpha value is -0.910. The lowest BCUT2D eigenvalue weighted by Crippen LogP contribution is -2.59. The zero-order valence-electron chi connectivity index (χ0n) is 9.29. The summed E-state index contributed by atoms with van der Waals surface area (Å²) in [4.78, 5) is 11.5. The Morgan fingerprint density at radius 2 is 2.50 bits per heavy atom. The Bertz CT molecular complexity index is 347. The molecular formula is C11H16N2O2S. The lowest BCUT2D eigenvalue weighted by Gasteiger charge is -2.38. The Kier molecular flexibility index (Phi) is 3.58. The van der Waals surface area contributed by atoms with Gasteiger partial charge in [-0.05, 0) is 29.3 Å². The first-order valence-corrected chi connectivity index (χ1v) is 6.25. The zero-order valence-corrected chi connectivity index (χ0v) is 10.1. The van der Waals surface area contributed by atoms with Crippen molar-refractivity contribution in [3.8, 4) is 0 Å². The van der Waals surface area contributed by atoms with Gasteiger partial charge in [0.15, 0.2) is 0 Å². The van der Waals surface area contributed by atoms with Crippen LogP contribution in [0.25, 0.3) is 0 Å². The van der Waals surface area contributed by atoms with E-state index in [1.165, 1.54) is 0 Å². The maximum Gasteiger partial charge on any atom is 0.246 e. The van der Waals surface area contributed by atoms with E-state index in [4.69, 9.17) is 4.74 Å². The molecule has 0 aromatic carbocycles. The lowest BCUT2D eigenvalue weighted by molar-refractivity contribution is -0.136. The normalized spacial score (nSPS) is 17.8. The van der Waals surface area contributed by atoms with Crippen molar-refractivity contribution in [2.24, 2.45) is 0 Å². The number of hydrogen-bond donors (Lipinski definition) is 2. The van der Waals surface area contributed by atoms with E-state index in [0.717, 1.165) is 18.7 Å². The standard InChI is InChI=1S/C11H16N2O2S/c1-11(7-12-8-11)15-5-10(14)13-4-9-2-3-16-6-9/h2-3,6,12H,4-5,7-8H2,1H3,(H,13,14). The molecule has 4 nitrogen and oxygen atoms in total. The molecule has 1 aromatic heterocycles. The summed E-state index contributed by atoms with van der Waals surface area (Å²) >= 11 is 1.63. The number of thiophene rings is 1. The molecule has 16 heavy (non-hydrogen) atoms. The van der Waals surface area contributed by atoms with Gasteiger partial charge in [-0.1, -0.05) is 0 Å². The molecule has 0 aliphatic carbocycles. The molecule has 2 rings (SSSR count). The maximum atomic E-state index is 11.5. The molecule has 0 spiro atoms. The fourth-order valence-corrected chi connectivity index (χ4v) is 2.13. The average molecular weight is 240 g/mol. The van der Waals surface area contributed by atoms with Gasteiger partial charge in [0.1, 0.15) is 6.61 Å². The SMILES string of the molecule is CC1(OCC(=O)NCc2ccsc2)CNC1. The fraction of sp³-hybridized carbons (Fsp3) is 0.545. The van der Waals surface area contributed by atoms with Crippen LogP contribution in [0, 0.1) is 0 Å². The highest BCUT2D eigenvalue weighted by molar-refractivity contribution is 7.07. The highest BCUT2D eigenvalue weighted by Gasteiger charge is 2.32. The van der Waals surface area contributed by atoms with Gasteiger partial charge >= 0.3 is 0 Å². The van der Waals surface area contributed by atoms with Gasteiger partial charge in [-0.15, -0.1) is 0 Å². The number of ether oxygens (including phenoxy) is 1. The number of carbonyl (C=O) groups excluding carboxylic acids is 1. The number of rotatable bonds is 5. The Morgan fingerprint density at radius 1 is 1.69 bits per heavy atom. The predicted octanol–water partition coefficient (Wildman–Crippen LogP) is 0.743. The largest absolute Gasteiger partial charge is 0.363 e. The van der Waals surface area contributed by atoms with Gasteiger partial charge in [0.25, 0.3) is 0 Å². The lowest BCUT2D eigenvalue weighted by atomic mass is 10.0. The monoisotopic (exact) mass is 240 g/mol. The second-order valence-corrected chi connectivity index (χ2v) is 5.03. The van der Waals surface area contributed by atoms with Gasteiger partial charge in [0.2, 0.25) is 5.91 Å². The van der Waals surface area contributed by atoms with E-state index in [9.17, 15) is 4.79 Å². The molecule has 0 atom stereocenters. The Labute approximate surface area is 99.0 Å². The van der Waals surface area contributed by atoms with Crippen LogP contribution in [0.5, 0.6) is 0 Å². The molecule has 1 aliphatic rings. The van der Waals surface area contributed by atoms with E-state index >= 15 is 0 Å². The van der Waals surface area contributed by atoms with Crippen molar-refractivity contribution < 1.29 is 9.53 Å². The second-order valence-electron chi connectivity index (χ2n) is 4.25. The summed E-state index contributed by atoms with van der Waals surface area (Å²) in [6.45, 7) is 4.38. The average Bonchev–Trinajstić information content (AvgIpc) is 2.73. The number of nitrogens with one attached hydrogen (secondary N) is 2. The summed E-state index contributed by atoms with van der Waals surface area (Å²) in [6, 6.07) is 2.00. The molecule has 1 aliphatic heterocycles. The zero-order chi connectivity index (χ0) is 11.4. The van der Waals surface area contributed by atoms with Crippen LogP contribution >= 0.6 is 11.3 Å². The summed E-state index contributed by atoms with van der Waals surface area (Å²) in [7, 11) is 0. The molecule has 0 unspecified atom stereocenters. The van der Waals surface area contributed by atoms with E-state index in [-0.39, 0.29) is 18.1 Å². The van der Waals surface area contributed by atoms with Crippen molar-refractivity contribution in [2.75, 3.05) is 19.7 Å². The smallest absolute Gasteiger partial charge is 0.246 e. The van der Waals surface area contributed by atoms with Crippen LogP contribution in [0.1, 0.15) is 12.5 Å². The van der Waals surface area contributed by atoms with Crippen molar-refractivity contribution >= 4 is 17.2 Å². The van der Waals surface area contributed by atoms with E-state index < -0.39 is 0 Å². The summed E-state index contributed by atoms with van der Waals surface area (Å²) in [5, 5.41) is 9.98. The minimum absolute atomic E-state index is 0.0562. The maximum absolute atomic E-state index is 11.5. The first-order valence-electron chi connectivity index (χ1n) is 5.30. The van der Waals surface area contributed by atoms with Crippen LogP contribution < -0.4 is 10.6 Å². The molecule has 2 N–H and O–H groups in total. The Morgan fingerprint density at radius 3 is 3.06 bits per heavy atom. The second kappa shape index (κ2) is 4.95. The highest BCUT2D eigenvalue weighted by Crippen LogP contribution is 2.14. The summed E-state index contributed by atoms with van der Waals surface area (Å²) in [5.41, 5.74) is 0.981. The number of amides is 1. The third-order valence-corrected chi connectivity index (χ3v) is 3.35. The topological polar surface area (TPSA) is 50.4 Å². The van der Waals surface area contributed by atoms with Gasteiger partial charge in [-0.2, -0.15) is 11.3 Å². The van der Waals surface area contributed by atoms with Crippen LogP contribution in [0.2, 0.25) is 0 Å². The minimum atomic E-state index is -0.153. The van der Waals surface area contributed by atoms with Crippen LogP contribution in [0.3, 0.4) is 0 Å². The van der Waals surface area contributed by atoms with Crippen molar-refractivity contribution in [3.05, 3.63) is 22.4 Å². The third-order valence-electron chi connectivity index (χ3n) is 2.62. The van der Waals surface area contributed by atoms with Crippen LogP contribution in [0.15, 0.2) is 16.8 Å². The summed E-state index contributed by atoms with van der Waals surface area (Å²) in [5.74, 6) is -0.0562. The van der Waals surface area contributed by atoms with E-state index in [1.54, 1.807) is 11.3 Å². The molecule has 5 heteroatoms.